The number of aromatic nitrogens is 1. The number of aliphatic hydroxyl groups is 1. The molecule has 0 aliphatic heterocycles. The molecule has 11 nitrogen and oxygen atoms in total. The van der Waals surface area contributed by atoms with Crippen LogP contribution in [0, 0.1) is 17.8 Å². The standard InChI is InChI=1S/C30H36N5O6/c1-35(21-6-4-3-5-7-21)12-13-41-30(39)33-24-15-27(40-2)20(14-19(24)16-31)17-32-18-26(37)22-8-10-25(36)29-23(22)9-11-28(38)34-29/h3,8-11,14-15,21,26,32,36-37H,4-7,12-13,17-18H2,1-2H3,(H,33,39)(H,34,38)/t26-/m0/s1. The predicted molar refractivity (Wildman–Crippen MR) is 155 cm³/mol. The highest BCUT2D eigenvalue weighted by Crippen LogP contribution is 2.30. The van der Waals surface area contributed by atoms with Crippen molar-refractivity contribution in [1.82, 2.24) is 15.2 Å². The lowest BCUT2D eigenvalue weighted by molar-refractivity contribution is 0.126. The number of rotatable bonds is 11. The van der Waals surface area contributed by atoms with Gasteiger partial charge in [0.25, 0.3) is 0 Å². The highest BCUT2D eigenvalue weighted by atomic mass is 16.5. The van der Waals surface area contributed by atoms with Crippen LogP contribution in [0.2, 0.25) is 0 Å². The second kappa shape index (κ2) is 14.0. The van der Waals surface area contributed by atoms with Crippen molar-refractivity contribution in [1.29, 1.82) is 5.26 Å². The monoisotopic (exact) mass is 562 g/mol. The molecule has 1 aliphatic rings. The van der Waals surface area contributed by atoms with Crippen molar-refractivity contribution in [3.05, 3.63) is 69.9 Å². The number of pyridine rings is 1. The van der Waals surface area contributed by atoms with Crippen molar-refractivity contribution in [3.8, 4) is 17.6 Å². The Morgan fingerprint density at radius 3 is 2.76 bits per heavy atom. The van der Waals surface area contributed by atoms with Crippen LogP contribution in [0.3, 0.4) is 0 Å². The number of nitrogens with one attached hydrogen (secondary N) is 3. The summed E-state index contributed by atoms with van der Waals surface area (Å²) >= 11 is 0. The number of carbonyl (C=O) groups is 1. The SMILES string of the molecule is COc1cc(NC(=O)OCCN(C)C2CC[CH]CC2)c(C#N)cc1CNC[C@H](O)c1ccc(O)c2[nH]c(=O)ccc12. The minimum atomic E-state index is -0.948. The Balaban J connectivity index is 1.35. The highest BCUT2D eigenvalue weighted by molar-refractivity contribution is 5.88. The first-order valence-electron chi connectivity index (χ1n) is 13.6. The number of hydrogen-bond donors (Lipinski definition) is 5. The summed E-state index contributed by atoms with van der Waals surface area (Å²) in [5.74, 6) is 0.362. The summed E-state index contributed by atoms with van der Waals surface area (Å²) in [6.07, 6.45) is 5.17. The van der Waals surface area contributed by atoms with Crippen molar-refractivity contribution < 1.29 is 24.5 Å². The molecule has 1 heterocycles. The zero-order valence-electron chi connectivity index (χ0n) is 23.3. The van der Waals surface area contributed by atoms with E-state index in [4.69, 9.17) is 9.47 Å². The van der Waals surface area contributed by atoms with Gasteiger partial charge >= 0.3 is 6.09 Å². The first kappa shape index (κ1) is 29.9. The van der Waals surface area contributed by atoms with Crippen LogP contribution in [0.5, 0.6) is 11.5 Å². The third-order valence-corrected chi connectivity index (χ3v) is 7.41. The number of aliphatic hydroxyl groups excluding tert-OH is 1. The van der Waals surface area contributed by atoms with E-state index in [1.807, 2.05) is 7.05 Å². The average Bonchev–Trinajstić information content (AvgIpc) is 2.98. The molecular formula is C30H36N5O6. The normalized spacial score (nSPS) is 14.5. The number of likely N-dealkylation sites (N-methyl/N-ethyl adjacent to an activating group) is 1. The van der Waals surface area contributed by atoms with Gasteiger partial charge in [-0.2, -0.15) is 5.26 Å². The van der Waals surface area contributed by atoms with E-state index in [0.717, 1.165) is 25.7 Å². The lowest BCUT2D eigenvalue weighted by Gasteiger charge is -2.30. The van der Waals surface area contributed by atoms with Crippen LogP contribution in [-0.2, 0) is 11.3 Å². The molecule has 1 atom stereocenters. The van der Waals surface area contributed by atoms with Crippen molar-refractivity contribution in [2.24, 2.45) is 0 Å². The summed E-state index contributed by atoms with van der Waals surface area (Å²) in [5.41, 5.74) is 1.61. The molecule has 3 aromatic rings. The molecule has 0 saturated heterocycles. The number of phenolic OH excluding ortho intramolecular Hbond substituents is 1. The molecule has 1 aliphatic carbocycles. The molecule has 217 valence electrons. The maximum absolute atomic E-state index is 12.5. The van der Waals surface area contributed by atoms with Gasteiger partial charge in [-0.15, -0.1) is 0 Å². The van der Waals surface area contributed by atoms with Crippen molar-refractivity contribution in [3.63, 3.8) is 0 Å². The van der Waals surface area contributed by atoms with E-state index < -0.39 is 12.2 Å². The fraction of sp³-hybridized carbons (Fsp3) is 0.400. The van der Waals surface area contributed by atoms with Crippen LogP contribution in [0.25, 0.3) is 10.9 Å². The molecule has 0 bridgehead atoms. The second-order valence-corrected chi connectivity index (χ2v) is 10.1. The number of benzene rings is 2. The number of methoxy groups -OCH3 is 1. The number of amides is 1. The fourth-order valence-corrected chi connectivity index (χ4v) is 5.11. The number of aromatic hydroxyl groups is 1. The van der Waals surface area contributed by atoms with E-state index in [0.29, 0.717) is 34.8 Å². The van der Waals surface area contributed by atoms with Gasteiger partial charge in [0, 0.05) is 48.8 Å². The molecule has 11 heteroatoms. The molecule has 5 N–H and O–H groups in total. The molecule has 0 unspecified atom stereocenters. The summed E-state index contributed by atoms with van der Waals surface area (Å²) in [7, 11) is 3.53. The zero-order valence-corrected chi connectivity index (χ0v) is 23.3. The molecule has 1 saturated carbocycles. The smallest absolute Gasteiger partial charge is 0.411 e. The van der Waals surface area contributed by atoms with Gasteiger partial charge < -0.3 is 34.9 Å². The number of carbonyl (C=O) groups excluding carboxylic acids is 1. The predicted octanol–water partition coefficient (Wildman–Crippen LogP) is 3.56. The van der Waals surface area contributed by atoms with Gasteiger partial charge in [0.05, 0.1) is 30.0 Å². The van der Waals surface area contributed by atoms with Gasteiger partial charge in [-0.3, -0.25) is 10.1 Å². The number of nitriles is 1. The Morgan fingerprint density at radius 1 is 1.24 bits per heavy atom. The lowest BCUT2D eigenvalue weighted by Crippen LogP contribution is -2.36. The lowest BCUT2D eigenvalue weighted by atomic mass is 9.94. The van der Waals surface area contributed by atoms with Gasteiger partial charge in [-0.1, -0.05) is 6.07 Å². The number of phenols is 1. The first-order valence-corrected chi connectivity index (χ1v) is 13.6. The number of anilines is 1. The fourth-order valence-electron chi connectivity index (χ4n) is 5.11. The molecule has 1 radical (unpaired) electrons. The summed E-state index contributed by atoms with van der Waals surface area (Å²) < 4.78 is 10.9. The zero-order chi connectivity index (χ0) is 29.4. The van der Waals surface area contributed by atoms with E-state index in [-0.39, 0.29) is 47.8 Å². The van der Waals surface area contributed by atoms with E-state index in [2.05, 4.69) is 33.0 Å². The Morgan fingerprint density at radius 2 is 2.02 bits per heavy atom. The number of fused-ring (bicyclic) bond motifs is 1. The van der Waals surface area contributed by atoms with Crippen LogP contribution >= 0.6 is 0 Å². The van der Waals surface area contributed by atoms with Crippen molar-refractivity contribution in [2.75, 3.05) is 39.2 Å². The van der Waals surface area contributed by atoms with Gasteiger partial charge in [-0.05, 0) is 62.9 Å². The molecule has 4 rings (SSSR count). The molecule has 2 aromatic carbocycles. The third-order valence-electron chi connectivity index (χ3n) is 7.41. The van der Waals surface area contributed by atoms with Crippen LogP contribution < -0.4 is 20.9 Å². The van der Waals surface area contributed by atoms with Gasteiger partial charge in [0.2, 0.25) is 5.56 Å². The number of ether oxygens (including phenoxy) is 2. The Kier molecular flexibility index (Phi) is 10.2. The molecule has 1 amide bonds. The van der Waals surface area contributed by atoms with Crippen LogP contribution in [0.4, 0.5) is 10.5 Å². The summed E-state index contributed by atoms with van der Waals surface area (Å²) in [6.45, 7) is 1.26. The first-order chi connectivity index (χ1) is 19.8. The Hall–Kier alpha value is -4.11. The van der Waals surface area contributed by atoms with Crippen LogP contribution in [0.15, 0.2) is 41.2 Å². The van der Waals surface area contributed by atoms with Gasteiger partial charge in [-0.25, -0.2) is 4.79 Å². The largest absolute Gasteiger partial charge is 0.506 e. The maximum Gasteiger partial charge on any atom is 0.411 e. The van der Waals surface area contributed by atoms with E-state index >= 15 is 0 Å². The summed E-state index contributed by atoms with van der Waals surface area (Å²) in [4.78, 5) is 28.9. The number of nitrogens with zero attached hydrogens (tertiary/aromatic N) is 2. The molecular weight excluding hydrogens is 526 g/mol. The number of aromatic amines is 1. The molecule has 41 heavy (non-hydrogen) atoms. The second-order valence-electron chi connectivity index (χ2n) is 10.1. The van der Waals surface area contributed by atoms with E-state index in [1.54, 1.807) is 24.3 Å². The minimum Gasteiger partial charge on any atom is -0.506 e. The molecule has 1 aromatic heterocycles. The number of H-pyrrole nitrogens is 1. The van der Waals surface area contributed by atoms with E-state index in [1.165, 1.54) is 19.2 Å². The minimum absolute atomic E-state index is 0.0846. The van der Waals surface area contributed by atoms with Crippen LogP contribution in [-0.4, -0.2) is 66.1 Å². The maximum atomic E-state index is 12.5. The third kappa shape index (κ3) is 7.55. The average molecular weight is 563 g/mol. The quantitative estimate of drug-likeness (QED) is 0.235. The van der Waals surface area contributed by atoms with Crippen LogP contribution in [0.1, 0.15) is 48.5 Å². The van der Waals surface area contributed by atoms with Crippen molar-refractivity contribution >= 4 is 22.7 Å². The van der Waals surface area contributed by atoms with Gasteiger partial charge in [0.15, 0.2) is 0 Å². The number of hydrogen-bond acceptors (Lipinski definition) is 9. The van der Waals surface area contributed by atoms with Gasteiger partial charge in [0.1, 0.15) is 24.2 Å². The summed E-state index contributed by atoms with van der Waals surface area (Å²) in [5, 5.41) is 36.9. The summed E-state index contributed by atoms with van der Waals surface area (Å²) in [6, 6.07) is 11.7. The Bertz CT molecular complexity index is 1460. The highest BCUT2D eigenvalue weighted by Gasteiger charge is 2.19. The molecule has 1 fully saturated rings. The Labute approximate surface area is 238 Å². The topological polar surface area (TPSA) is 160 Å². The van der Waals surface area contributed by atoms with Crippen molar-refractivity contribution in [2.45, 2.75) is 44.4 Å². The van der Waals surface area contributed by atoms with E-state index in [9.17, 15) is 25.1 Å². The molecule has 0 spiro atoms.